The number of anilines is 2. The molecular weight excluding hydrogens is 342 g/mol. The summed E-state index contributed by atoms with van der Waals surface area (Å²) >= 11 is 1.57. The molecule has 0 saturated carbocycles. The molecule has 1 aromatic heterocycles. The molecule has 0 unspecified atom stereocenters. The van der Waals surface area contributed by atoms with E-state index < -0.39 is 0 Å². The number of thiazole rings is 1. The lowest BCUT2D eigenvalue weighted by Gasteiger charge is -2.26. The molecule has 2 heterocycles. The number of amides is 1. The Morgan fingerprint density at radius 3 is 2.42 bits per heavy atom. The summed E-state index contributed by atoms with van der Waals surface area (Å²) in [6.07, 6.45) is 2.60. The van der Waals surface area contributed by atoms with Gasteiger partial charge in [0.25, 0.3) is 0 Å². The van der Waals surface area contributed by atoms with Gasteiger partial charge in [-0.2, -0.15) is 0 Å². The molecule has 1 N–H and O–H groups in total. The van der Waals surface area contributed by atoms with E-state index in [0.717, 1.165) is 40.1 Å². The van der Waals surface area contributed by atoms with Crippen LogP contribution in [0.3, 0.4) is 0 Å². The van der Waals surface area contributed by atoms with Crippen molar-refractivity contribution in [1.82, 2.24) is 4.98 Å². The maximum absolute atomic E-state index is 12.5. The predicted octanol–water partition coefficient (Wildman–Crippen LogP) is 3.57. The van der Waals surface area contributed by atoms with E-state index in [1.807, 2.05) is 0 Å². The summed E-state index contributed by atoms with van der Waals surface area (Å²) < 4.78 is 0. The number of aromatic nitrogens is 1. The molecular formula is C21H30N3OS+. The highest BCUT2D eigenvalue weighted by molar-refractivity contribution is 7.14. The average Bonchev–Trinajstić information content (AvgIpc) is 3.00. The number of hydrogen-bond acceptors (Lipinski definition) is 3. The summed E-state index contributed by atoms with van der Waals surface area (Å²) in [6, 6.07) is 4.26. The van der Waals surface area contributed by atoms with Gasteiger partial charge in [0.1, 0.15) is 12.2 Å². The van der Waals surface area contributed by atoms with Crippen molar-refractivity contribution in [3.8, 4) is 0 Å². The lowest BCUT2D eigenvalue weighted by Crippen LogP contribution is -3.11. The van der Waals surface area contributed by atoms with E-state index in [4.69, 9.17) is 4.98 Å². The predicted molar refractivity (Wildman–Crippen MR) is 108 cm³/mol. The fourth-order valence-corrected chi connectivity index (χ4v) is 4.87. The first-order valence-corrected chi connectivity index (χ1v) is 10.4. The molecule has 1 saturated heterocycles. The van der Waals surface area contributed by atoms with E-state index in [2.05, 4.69) is 45.2 Å². The first-order chi connectivity index (χ1) is 12.3. The lowest BCUT2D eigenvalue weighted by molar-refractivity contribution is -0.920. The number of likely N-dealkylation sites (tertiary alicyclic amines) is 1. The normalized spacial score (nSPS) is 20.2. The molecule has 1 fully saturated rings. The standard InChI is InChI=1S/C21H29N3OS/c1-14-6-8-23(9-7-14)12-19-13-26-21(22-19)24(18(5)25)20-16(3)10-15(2)11-17(20)4/h10-11,13-14H,6-9,12H2,1-5H3/p+1. The molecule has 0 spiro atoms. The minimum absolute atomic E-state index is 0.0140. The zero-order valence-electron chi connectivity index (χ0n) is 16.6. The van der Waals surface area contributed by atoms with Crippen LogP contribution in [0, 0.1) is 26.7 Å². The zero-order chi connectivity index (χ0) is 18.8. The smallest absolute Gasteiger partial charge is 0.230 e. The van der Waals surface area contributed by atoms with Crippen molar-refractivity contribution < 1.29 is 9.69 Å². The first kappa shape index (κ1) is 19.1. The molecule has 140 valence electrons. The molecule has 5 heteroatoms. The number of carbonyl (C=O) groups is 1. The van der Waals surface area contributed by atoms with Crippen molar-refractivity contribution in [3.05, 3.63) is 39.9 Å². The van der Waals surface area contributed by atoms with Gasteiger partial charge in [-0.3, -0.25) is 9.69 Å². The topological polar surface area (TPSA) is 37.6 Å². The number of piperidine rings is 1. The number of nitrogens with one attached hydrogen (secondary N) is 1. The molecule has 1 amide bonds. The van der Waals surface area contributed by atoms with Gasteiger partial charge in [-0.1, -0.05) is 24.6 Å². The summed E-state index contributed by atoms with van der Waals surface area (Å²) in [5, 5.41) is 2.90. The van der Waals surface area contributed by atoms with Crippen LogP contribution >= 0.6 is 11.3 Å². The summed E-state index contributed by atoms with van der Waals surface area (Å²) in [5.41, 5.74) is 5.52. The Morgan fingerprint density at radius 2 is 1.85 bits per heavy atom. The molecule has 2 aromatic rings. The van der Waals surface area contributed by atoms with Crippen LogP contribution in [0.25, 0.3) is 0 Å². The number of hydrogen-bond donors (Lipinski definition) is 1. The largest absolute Gasteiger partial charge is 0.330 e. The highest BCUT2D eigenvalue weighted by Crippen LogP contribution is 2.34. The number of nitrogens with zero attached hydrogens (tertiary/aromatic N) is 2. The quantitative estimate of drug-likeness (QED) is 0.891. The number of quaternary nitrogens is 1. The molecule has 1 aliphatic rings. The maximum Gasteiger partial charge on any atom is 0.230 e. The number of benzene rings is 1. The molecule has 0 atom stereocenters. The van der Waals surface area contributed by atoms with Crippen molar-refractivity contribution in [3.63, 3.8) is 0 Å². The molecule has 0 bridgehead atoms. The van der Waals surface area contributed by atoms with E-state index in [9.17, 15) is 4.79 Å². The summed E-state index contributed by atoms with van der Waals surface area (Å²) in [5.74, 6) is 0.866. The lowest BCUT2D eigenvalue weighted by atomic mass is 9.99. The van der Waals surface area contributed by atoms with Crippen LogP contribution in [-0.4, -0.2) is 24.0 Å². The fraction of sp³-hybridized carbons (Fsp3) is 0.524. The molecule has 0 radical (unpaired) electrons. The highest BCUT2D eigenvalue weighted by Gasteiger charge is 2.24. The Kier molecular flexibility index (Phi) is 5.78. The van der Waals surface area contributed by atoms with Crippen molar-refractivity contribution >= 4 is 28.1 Å². The number of aryl methyl sites for hydroxylation is 3. The van der Waals surface area contributed by atoms with Gasteiger partial charge in [-0.05, 0) is 50.7 Å². The van der Waals surface area contributed by atoms with Crippen molar-refractivity contribution in [2.75, 3.05) is 18.0 Å². The highest BCUT2D eigenvalue weighted by atomic mass is 32.1. The third kappa shape index (κ3) is 4.15. The SMILES string of the molecule is CC(=O)N(c1nc(C[NH+]2CCC(C)CC2)cs1)c1c(C)cc(C)cc1C. The van der Waals surface area contributed by atoms with E-state index in [1.54, 1.807) is 28.1 Å². The van der Waals surface area contributed by atoms with Crippen LogP contribution in [0.2, 0.25) is 0 Å². The van der Waals surface area contributed by atoms with Gasteiger partial charge in [0.2, 0.25) is 5.91 Å². The van der Waals surface area contributed by atoms with Crippen LogP contribution in [0.1, 0.15) is 49.1 Å². The van der Waals surface area contributed by atoms with Crippen LogP contribution in [-0.2, 0) is 11.3 Å². The molecule has 0 aliphatic carbocycles. The summed E-state index contributed by atoms with van der Waals surface area (Å²) in [7, 11) is 0. The minimum Gasteiger partial charge on any atom is -0.330 e. The Morgan fingerprint density at radius 1 is 1.23 bits per heavy atom. The van der Waals surface area contributed by atoms with E-state index in [-0.39, 0.29) is 5.91 Å². The monoisotopic (exact) mass is 372 g/mol. The minimum atomic E-state index is 0.0140. The maximum atomic E-state index is 12.5. The molecule has 1 aliphatic heterocycles. The van der Waals surface area contributed by atoms with Gasteiger partial charge in [-0.15, -0.1) is 11.3 Å². The van der Waals surface area contributed by atoms with Gasteiger partial charge in [0.15, 0.2) is 5.13 Å². The van der Waals surface area contributed by atoms with E-state index >= 15 is 0 Å². The van der Waals surface area contributed by atoms with Gasteiger partial charge in [-0.25, -0.2) is 4.98 Å². The van der Waals surface area contributed by atoms with Gasteiger partial charge >= 0.3 is 0 Å². The van der Waals surface area contributed by atoms with Gasteiger partial charge < -0.3 is 4.90 Å². The second-order valence-electron chi connectivity index (χ2n) is 7.83. The van der Waals surface area contributed by atoms with Gasteiger partial charge in [0, 0.05) is 12.3 Å². The number of rotatable bonds is 4. The molecule has 3 rings (SSSR count). The fourth-order valence-electron chi connectivity index (χ4n) is 4.00. The summed E-state index contributed by atoms with van der Waals surface area (Å²) in [4.78, 5) is 20.7. The van der Waals surface area contributed by atoms with Crippen molar-refractivity contribution in [1.29, 1.82) is 0 Å². The average molecular weight is 373 g/mol. The van der Waals surface area contributed by atoms with Crippen molar-refractivity contribution in [2.45, 2.75) is 54.0 Å². The molecule has 26 heavy (non-hydrogen) atoms. The van der Waals surface area contributed by atoms with E-state index in [1.165, 1.54) is 31.5 Å². The summed E-state index contributed by atoms with van der Waals surface area (Å²) in [6.45, 7) is 13.6. The number of carbonyl (C=O) groups excluding carboxylic acids is 1. The second kappa shape index (κ2) is 7.89. The Labute approximate surface area is 160 Å². The van der Waals surface area contributed by atoms with Gasteiger partial charge in [0.05, 0.1) is 18.8 Å². The molecule has 4 nitrogen and oxygen atoms in total. The Bertz CT molecular complexity index is 767. The first-order valence-electron chi connectivity index (χ1n) is 9.51. The molecule has 1 aromatic carbocycles. The Balaban J connectivity index is 1.84. The second-order valence-corrected chi connectivity index (χ2v) is 8.67. The third-order valence-corrected chi connectivity index (χ3v) is 6.19. The zero-order valence-corrected chi connectivity index (χ0v) is 17.4. The van der Waals surface area contributed by atoms with Crippen LogP contribution in [0.15, 0.2) is 17.5 Å². The van der Waals surface area contributed by atoms with Crippen LogP contribution in [0.5, 0.6) is 0 Å². The van der Waals surface area contributed by atoms with Crippen molar-refractivity contribution in [2.24, 2.45) is 5.92 Å². The van der Waals surface area contributed by atoms with E-state index in [0.29, 0.717) is 0 Å². The Hall–Kier alpha value is -1.72. The van der Waals surface area contributed by atoms with Crippen LogP contribution in [0.4, 0.5) is 10.8 Å². The third-order valence-electron chi connectivity index (χ3n) is 5.32. The van der Waals surface area contributed by atoms with Crippen LogP contribution < -0.4 is 9.80 Å².